The lowest BCUT2D eigenvalue weighted by Crippen LogP contribution is -2.00. The molecule has 0 saturated heterocycles. The van der Waals surface area contributed by atoms with E-state index in [1.54, 1.807) is 4.57 Å². The van der Waals surface area contributed by atoms with Crippen molar-refractivity contribution in [2.24, 2.45) is 0 Å². The molecule has 0 aliphatic carbocycles. The molecule has 6 heteroatoms. The lowest BCUT2D eigenvalue weighted by molar-refractivity contribution is 0.669. The highest BCUT2D eigenvalue weighted by molar-refractivity contribution is 6.17. The standard InChI is InChI=1S/C57H34N4O2/c1-3-16-35(17-4-1)55-58-56(36-18-5-2-6-19-36)60-57(59-55)45-32-31-38(52-44-23-10-14-29-51(44)63-54(45)52)37-30-33-49(61-47-26-11-7-20-39(47)40-21-8-12-27-48(40)61)46(34-37)43-25-15-24-42-41-22-9-13-28-50(41)62-53(42)43/h1-34H/i7D,8D,20D,21D,26D,27D. The van der Waals surface area contributed by atoms with Crippen LogP contribution in [-0.4, -0.2) is 19.5 Å². The molecule has 13 aromatic rings. The zero-order valence-electron chi connectivity index (χ0n) is 39.3. The van der Waals surface area contributed by atoms with E-state index in [0.29, 0.717) is 56.6 Å². The van der Waals surface area contributed by atoms with Crippen molar-refractivity contribution in [2.75, 3.05) is 0 Å². The van der Waals surface area contributed by atoms with Gasteiger partial charge in [0.1, 0.15) is 22.3 Å². The fourth-order valence-corrected chi connectivity index (χ4v) is 9.00. The van der Waals surface area contributed by atoms with Crippen LogP contribution in [-0.2, 0) is 0 Å². The number of nitrogens with zero attached hydrogens (tertiary/aromatic N) is 4. The number of hydrogen-bond acceptors (Lipinski definition) is 5. The van der Waals surface area contributed by atoms with Crippen molar-refractivity contribution in [3.05, 3.63) is 206 Å². The maximum absolute atomic E-state index is 9.30. The van der Waals surface area contributed by atoms with Crippen molar-refractivity contribution < 1.29 is 17.1 Å². The van der Waals surface area contributed by atoms with Gasteiger partial charge in [0.15, 0.2) is 17.5 Å². The summed E-state index contributed by atoms with van der Waals surface area (Å²) < 4.78 is 69.3. The smallest absolute Gasteiger partial charge is 0.167 e. The molecule has 4 heterocycles. The van der Waals surface area contributed by atoms with E-state index >= 15 is 0 Å². The Morgan fingerprint density at radius 1 is 0.381 bits per heavy atom. The van der Waals surface area contributed by atoms with Gasteiger partial charge in [0.25, 0.3) is 0 Å². The molecule has 0 amide bonds. The molecule has 0 aliphatic rings. The Morgan fingerprint density at radius 2 is 0.952 bits per heavy atom. The average Bonchev–Trinajstić information content (AvgIpc) is 4.09. The summed E-state index contributed by atoms with van der Waals surface area (Å²) in [6, 6.07) is 53.3. The third-order valence-electron chi connectivity index (χ3n) is 11.8. The lowest BCUT2D eigenvalue weighted by atomic mass is 9.92. The van der Waals surface area contributed by atoms with Gasteiger partial charge in [-0.2, -0.15) is 0 Å². The van der Waals surface area contributed by atoms with E-state index in [-0.39, 0.29) is 58.1 Å². The minimum Gasteiger partial charge on any atom is -0.455 e. The number of para-hydroxylation sites is 5. The van der Waals surface area contributed by atoms with Crippen LogP contribution in [0.2, 0.25) is 0 Å². The highest BCUT2D eigenvalue weighted by Crippen LogP contribution is 2.46. The molecule has 294 valence electrons. The third kappa shape index (κ3) is 5.55. The van der Waals surface area contributed by atoms with E-state index in [9.17, 15) is 2.74 Å². The van der Waals surface area contributed by atoms with E-state index in [1.807, 2.05) is 146 Å². The van der Waals surface area contributed by atoms with Crippen molar-refractivity contribution in [1.29, 1.82) is 0 Å². The molecule has 9 aromatic carbocycles. The van der Waals surface area contributed by atoms with Gasteiger partial charge in [-0.05, 0) is 53.5 Å². The molecule has 0 N–H and O–H groups in total. The second-order valence-electron chi connectivity index (χ2n) is 15.4. The van der Waals surface area contributed by atoms with Gasteiger partial charge in [-0.15, -0.1) is 0 Å². The summed E-state index contributed by atoms with van der Waals surface area (Å²) in [5.74, 6) is 1.50. The first kappa shape index (κ1) is 29.6. The van der Waals surface area contributed by atoms with Crippen LogP contribution in [0.15, 0.2) is 215 Å². The van der Waals surface area contributed by atoms with E-state index in [4.69, 9.17) is 29.3 Å². The molecule has 0 radical (unpaired) electrons. The van der Waals surface area contributed by atoms with Crippen LogP contribution in [0.25, 0.3) is 128 Å². The van der Waals surface area contributed by atoms with E-state index in [2.05, 4.69) is 12.1 Å². The lowest BCUT2D eigenvalue weighted by Gasteiger charge is -2.17. The largest absolute Gasteiger partial charge is 0.455 e. The van der Waals surface area contributed by atoms with Crippen molar-refractivity contribution in [3.63, 3.8) is 0 Å². The number of aromatic nitrogens is 4. The van der Waals surface area contributed by atoms with Crippen molar-refractivity contribution in [1.82, 2.24) is 19.5 Å². The Morgan fingerprint density at radius 3 is 1.65 bits per heavy atom. The number of fused-ring (bicyclic) bond motifs is 9. The SMILES string of the molecule is [2H]c1cc([2H])c2c(c1[2H])c1c([2H])c([2H])cc([2H])c1n2-c1ccc(-c2ccc(-c3nc(-c4ccccc4)nc(-c4ccccc4)n3)c3oc4ccccc4c23)cc1-c1cccc2c1oc1ccccc12. The van der Waals surface area contributed by atoms with Gasteiger partial charge >= 0.3 is 0 Å². The van der Waals surface area contributed by atoms with Gasteiger partial charge in [0.2, 0.25) is 0 Å². The molecule has 0 saturated carbocycles. The minimum absolute atomic E-state index is 0.0455. The Balaban J connectivity index is 1.11. The quantitative estimate of drug-likeness (QED) is 0.167. The van der Waals surface area contributed by atoms with Crippen molar-refractivity contribution in [3.8, 4) is 62.1 Å². The van der Waals surface area contributed by atoms with Gasteiger partial charge in [-0.1, -0.05) is 164 Å². The highest BCUT2D eigenvalue weighted by atomic mass is 16.3. The van der Waals surface area contributed by atoms with Crippen LogP contribution < -0.4 is 0 Å². The first-order chi connectivity index (χ1) is 33.7. The average molecular weight is 813 g/mol. The van der Waals surface area contributed by atoms with E-state index < -0.39 is 0 Å². The van der Waals surface area contributed by atoms with Gasteiger partial charge in [-0.25, -0.2) is 15.0 Å². The van der Waals surface area contributed by atoms with Crippen LogP contribution in [0, 0.1) is 0 Å². The molecule has 0 fully saturated rings. The van der Waals surface area contributed by atoms with Crippen LogP contribution >= 0.6 is 0 Å². The normalized spacial score (nSPS) is 13.1. The summed E-state index contributed by atoms with van der Waals surface area (Å²) >= 11 is 0. The Hall–Kier alpha value is -8.61. The molecule has 0 spiro atoms. The summed E-state index contributed by atoms with van der Waals surface area (Å²) in [5, 5.41) is 3.93. The van der Waals surface area contributed by atoms with Gasteiger partial charge in [-0.3, -0.25) is 0 Å². The number of rotatable bonds is 6. The predicted molar refractivity (Wildman–Crippen MR) is 256 cm³/mol. The van der Waals surface area contributed by atoms with Crippen molar-refractivity contribution in [2.45, 2.75) is 0 Å². The zero-order valence-corrected chi connectivity index (χ0v) is 33.3. The van der Waals surface area contributed by atoms with Crippen LogP contribution in [0.5, 0.6) is 0 Å². The highest BCUT2D eigenvalue weighted by Gasteiger charge is 2.24. The zero-order chi connectivity index (χ0) is 46.7. The summed E-state index contributed by atoms with van der Waals surface area (Å²) in [6.45, 7) is 0. The molecule has 4 aromatic heterocycles. The van der Waals surface area contributed by atoms with Gasteiger partial charge in [0.05, 0.1) is 30.5 Å². The molecule has 0 aliphatic heterocycles. The van der Waals surface area contributed by atoms with E-state index in [0.717, 1.165) is 49.4 Å². The number of furan rings is 2. The second kappa shape index (κ2) is 14.0. The molecule has 6 nitrogen and oxygen atoms in total. The molecule has 13 rings (SSSR count). The first-order valence-corrected chi connectivity index (χ1v) is 20.6. The summed E-state index contributed by atoms with van der Waals surface area (Å²) in [6.07, 6.45) is 0. The molecular formula is C57H34N4O2. The van der Waals surface area contributed by atoms with E-state index in [1.165, 1.54) is 12.1 Å². The third-order valence-corrected chi connectivity index (χ3v) is 11.8. The fourth-order valence-electron chi connectivity index (χ4n) is 9.00. The maximum Gasteiger partial charge on any atom is 0.167 e. The summed E-state index contributed by atoms with van der Waals surface area (Å²) in [7, 11) is 0. The summed E-state index contributed by atoms with van der Waals surface area (Å²) in [4.78, 5) is 15.1. The maximum atomic E-state index is 9.30. The molecular weight excluding hydrogens is 773 g/mol. The molecule has 0 atom stereocenters. The molecule has 0 unspecified atom stereocenters. The molecule has 63 heavy (non-hydrogen) atoms. The second-order valence-corrected chi connectivity index (χ2v) is 15.4. The summed E-state index contributed by atoms with van der Waals surface area (Å²) in [5.41, 5.74) is 9.16. The number of hydrogen-bond donors (Lipinski definition) is 0. The monoisotopic (exact) mass is 812 g/mol. The predicted octanol–water partition coefficient (Wildman–Crippen LogP) is 15.1. The van der Waals surface area contributed by atoms with Gasteiger partial charge in [0, 0.05) is 54.6 Å². The van der Waals surface area contributed by atoms with Crippen LogP contribution in [0.4, 0.5) is 0 Å². The Bertz CT molecular complexity index is 4150. The first-order valence-electron chi connectivity index (χ1n) is 23.6. The topological polar surface area (TPSA) is 69.9 Å². The number of benzene rings is 9. The van der Waals surface area contributed by atoms with Crippen LogP contribution in [0.1, 0.15) is 8.22 Å². The molecule has 0 bridgehead atoms. The minimum atomic E-state index is -0.181. The fraction of sp³-hybridized carbons (Fsp3) is 0. The van der Waals surface area contributed by atoms with Crippen LogP contribution in [0.3, 0.4) is 0 Å². The Labute approximate surface area is 369 Å². The Kier molecular flexibility index (Phi) is 6.56. The van der Waals surface area contributed by atoms with Gasteiger partial charge < -0.3 is 13.4 Å². The van der Waals surface area contributed by atoms with Crippen molar-refractivity contribution >= 4 is 65.7 Å².